The Balaban J connectivity index is 2.23. The van der Waals surface area contributed by atoms with Crippen molar-refractivity contribution < 1.29 is 9.53 Å². The van der Waals surface area contributed by atoms with Crippen molar-refractivity contribution in [3.63, 3.8) is 0 Å². The molecule has 0 fully saturated rings. The summed E-state index contributed by atoms with van der Waals surface area (Å²) >= 11 is 5.97. The average Bonchev–Trinajstić information content (AvgIpc) is 2.53. The molecule has 0 spiro atoms. The van der Waals surface area contributed by atoms with Gasteiger partial charge < -0.3 is 20.7 Å². The molecule has 22 heavy (non-hydrogen) atoms. The molecule has 7 heteroatoms. The van der Waals surface area contributed by atoms with Crippen LogP contribution >= 0.6 is 11.6 Å². The van der Waals surface area contributed by atoms with Crippen LogP contribution in [0.15, 0.2) is 29.3 Å². The number of amides is 1. The van der Waals surface area contributed by atoms with Crippen LogP contribution in [0.2, 0.25) is 5.02 Å². The van der Waals surface area contributed by atoms with Crippen LogP contribution in [-0.4, -0.2) is 52.3 Å². The van der Waals surface area contributed by atoms with Gasteiger partial charge in [-0.2, -0.15) is 0 Å². The number of halogens is 1. The molecule has 1 amide bonds. The van der Waals surface area contributed by atoms with E-state index < -0.39 is 0 Å². The zero-order valence-electron chi connectivity index (χ0n) is 13.0. The predicted octanol–water partition coefficient (Wildman–Crippen LogP) is 1.27. The van der Waals surface area contributed by atoms with Gasteiger partial charge in [-0.15, -0.1) is 0 Å². The van der Waals surface area contributed by atoms with Gasteiger partial charge in [-0.05, 0) is 18.6 Å². The lowest BCUT2D eigenvalue weighted by molar-refractivity contribution is 0.0954. The molecule has 1 aromatic carbocycles. The van der Waals surface area contributed by atoms with Crippen LogP contribution in [0.5, 0.6) is 0 Å². The van der Waals surface area contributed by atoms with Crippen molar-refractivity contribution in [3.05, 3.63) is 34.9 Å². The van der Waals surface area contributed by atoms with Crippen molar-refractivity contribution in [2.75, 3.05) is 40.4 Å². The van der Waals surface area contributed by atoms with Crippen LogP contribution in [0, 0.1) is 0 Å². The van der Waals surface area contributed by atoms with E-state index in [0.717, 1.165) is 13.0 Å². The van der Waals surface area contributed by atoms with E-state index in [0.29, 0.717) is 36.2 Å². The minimum Gasteiger partial charge on any atom is -0.385 e. The van der Waals surface area contributed by atoms with Crippen molar-refractivity contribution in [2.24, 2.45) is 4.99 Å². The number of hydrogen-bond acceptors (Lipinski definition) is 3. The third kappa shape index (κ3) is 6.78. The number of nitrogens with one attached hydrogen (secondary N) is 3. The Hall–Kier alpha value is -1.79. The Morgan fingerprint density at radius 3 is 2.55 bits per heavy atom. The summed E-state index contributed by atoms with van der Waals surface area (Å²) in [5.74, 6) is 0.513. The SMILES string of the molecule is CN=C(NCCCOC)NCCNC(=O)c1ccccc1Cl. The lowest BCUT2D eigenvalue weighted by Crippen LogP contribution is -2.42. The fourth-order valence-corrected chi connectivity index (χ4v) is 1.96. The molecule has 0 saturated heterocycles. The second-order valence-corrected chi connectivity index (χ2v) is 4.92. The first-order chi connectivity index (χ1) is 10.7. The van der Waals surface area contributed by atoms with Crippen LogP contribution in [-0.2, 0) is 4.74 Å². The highest BCUT2D eigenvalue weighted by Gasteiger charge is 2.08. The number of ether oxygens (including phenoxy) is 1. The monoisotopic (exact) mass is 326 g/mol. The first-order valence-corrected chi connectivity index (χ1v) is 7.53. The molecule has 1 rings (SSSR count). The summed E-state index contributed by atoms with van der Waals surface area (Å²) in [6.07, 6.45) is 0.903. The summed E-state index contributed by atoms with van der Waals surface area (Å²) in [5.41, 5.74) is 0.478. The Kier molecular flexibility index (Phi) is 9.02. The molecule has 0 saturated carbocycles. The maximum absolute atomic E-state index is 11.9. The van der Waals surface area contributed by atoms with Crippen molar-refractivity contribution in [1.29, 1.82) is 0 Å². The third-order valence-electron chi connectivity index (χ3n) is 2.86. The summed E-state index contributed by atoms with van der Waals surface area (Å²) in [7, 11) is 3.38. The van der Waals surface area contributed by atoms with E-state index in [2.05, 4.69) is 20.9 Å². The normalized spacial score (nSPS) is 11.1. The molecule has 0 radical (unpaired) electrons. The second kappa shape index (κ2) is 10.9. The van der Waals surface area contributed by atoms with Gasteiger partial charge in [-0.1, -0.05) is 23.7 Å². The number of carbonyl (C=O) groups is 1. The van der Waals surface area contributed by atoms with Gasteiger partial charge in [0, 0.05) is 40.4 Å². The van der Waals surface area contributed by atoms with Gasteiger partial charge in [0.05, 0.1) is 10.6 Å². The third-order valence-corrected chi connectivity index (χ3v) is 3.19. The standard InChI is InChI=1S/C15H23ClN4O2/c1-17-15(19-8-5-11-22-2)20-10-9-18-14(21)12-6-3-4-7-13(12)16/h3-4,6-7H,5,8-11H2,1-2H3,(H,18,21)(H2,17,19,20). The van der Waals surface area contributed by atoms with Crippen LogP contribution in [0.25, 0.3) is 0 Å². The Bertz CT molecular complexity index is 494. The van der Waals surface area contributed by atoms with Crippen molar-refractivity contribution in [3.8, 4) is 0 Å². The molecule has 0 aliphatic carbocycles. The average molecular weight is 327 g/mol. The molecule has 1 aromatic rings. The maximum Gasteiger partial charge on any atom is 0.252 e. The van der Waals surface area contributed by atoms with Gasteiger partial charge in [0.2, 0.25) is 0 Å². The maximum atomic E-state index is 11.9. The van der Waals surface area contributed by atoms with E-state index >= 15 is 0 Å². The molecule has 0 atom stereocenters. The lowest BCUT2D eigenvalue weighted by Gasteiger charge is -2.12. The molecule has 0 bridgehead atoms. The zero-order valence-corrected chi connectivity index (χ0v) is 13.7. The van der Waals surface area contributed by atoms with Gasteiger partial charge in [-0.25, -0.2) is 0 Å². The van der Waals surface area contributed by atoms with Gasteiger partial charge in [0.15, 0.2) is 5.96 Å². The largest absolute Gasteiger partial charge is 0.385 e. The molecule has 0 aliphatic heterocycles. The molecular formula is C15H23ClN4O2. The van der Waals surface area contributed by atoms with E-state index in [-0.39, 0.29) is 5.91 Å². The molecule has 122 valence electrons. The van der Waals surface area contributed by atoms with Crippen molar-refractivity contribution in [2.45, 2.75) is 6.42 Å². The number of hydrogen-bond donors (Lipinski definition) is 3. The summed E-state index contributed by atoms with van der Waals surface area (Å²) in [6, 6.07) is 6.96. The molecule has 0 aromatic heterocycles. The smallest absolute Gasteiger partial charge is 0.252 e. The first-order valence-electron chi connectivity index (χ1n) is 7.15. The highest BCUT2D eigenvalue weighted by molar-refractivity contribution is 6.33. The number of carbonyl (C=O) groups excluding carboxylic acids is 1. The van der Waals surface area contributed by atoms with E-state index in [1.54, 1.807) is 38.4 Å². The van der Waals surface area contributed by atoms with E-state index in [1.807, 2.05) is 0 Å². The van der Waals surface area contributed by atoms with Gasteiger partial charge >= 0.3 is 0 Å². The number of aliphatic imine (C=N–C) groups is 1. The quantitative estimate of drug-likeness (QED) is 0.382. The lowest BCUT2D eigenvalue weighted by atomic mass is 10.2. The first kappa shape index (κ1) is 18.3. The zero-order chi connectivity index (χ0) is 16.2. The summed E-state index contributed by atoms with van der Waals surface area (Å²) in [5, 5.41) is 9.53. The topological polar surface area (TPSA) is 74.8 Å². The molecule has 0 unspecified atom stereocenters. The number of rotatable bonds is 8. The highest BCUT2D eigenvalue weighted by Crippen LogP contribution is 2.14. The number of guanidine groups is 1. The fraction of sp³-hybridized carbons (Fsp3) is 0.467. The number of benzene rings is 1. The van der Waals surface area contributed by atoms with Crippen LogP contribution in [0.4, 0.5) is 0 Å². The van der Waals surface area contributed by atoms with Crippen molar-refractivity contribution in [1.82, 2.24) is 16.0 Å². The van der Waals surface area contributed by atoms with Crippen LogP contribution in [0.3, 0.4) is 0 Å². The van der Waals surface area contributed by atoms with Gasteiger partial charge in [0.1, 0.15) is 0 Å². The fourth-order valence-electron chi connectivity index (χ4n) is 1.74. The predicted molar refractivity (Wildman–Crippen MR) is 89.6 cm³/mol. The second-order valence-electron chi connectivity index (χ2n) is 4.51. The number of methoxy groups -OCH3 is 1. The molecule has 3 N–H and O–H groups in total. The van der Waals surface area contributed by atoms with E-state index in [1.165, 1.54) is 0 Å². The Labute approximate surface area is 136 Å². The molecule has 6 nitrogen and oxygen atoms in total. The molecule has 0 heterocycles. The molecule has 0 aliphatic rings. The van der Waals surface area contributed by atoms with E-state index in [4.69, 9.17) is 16.3 Å². The summed E-state index contributed by atoms with van der Waals surface area (Å²) in [4.78, 5) is 16.0. The minimum atomic E-state index is -0.185. The van der Waals surface area contributed by atoms with E-state index in [9.17, 15) is 4.79 Å². The summed E-state index contributed by atoms with van der Waals surface area (Å²) in [6.45, 7) is 2.53. The summed E-state index contributed by atoms with van der Waals surface area (Å²) < 4.78 is 4.98. The van der Waals surface area contributed by atoms with Crippen LogP contribution in [0.1, 0.15) is 16.8 Å². The van der Waals surface area contributed by atoms with Crippen LogP contribution < -0.4 is 16.0 Å². The van der Waals surface area contributed by atoms with Gasteiger partial charge in [0.25, 0.3) is 5.91 Å². The Morgan fingerprint density at radius 1 is 1.18 bits per heavy atom. The molecular weight excluding hydrogens is 304 g/mol. The minimum absolute atomic E-state index is 0.185. The highest BCUT2D eigenvalue weighted by atomic mass is 35.5. The van der Waals surface area contributed by atoms with Gasteiger partial charge in [-0.3, -0.25) is 9.79 Å². The van der Waals surface area contributed by atoms with Crippen molar-refractivity contribution >= 4 is 23.5 Å². The number of nitrogens with zero attached hydrogens (tertiary/aromatic N) is 1. The Morgan fingerprint density at radius 2 is 1.86 bits per heavy atom.